The number of hydrogen-bond donors (Lipinski definition) is 3. The summed E-state index contributed by atoms with van der Waals surface area (Å²) in [6.07, 6.45) is -0.583. The zero-order valence-electron chi connectivity index (χ0n) is 19.9. The van der Waals surface area contributed by atoms with Gasteiger partial charge in [-0.25, -0.2) is 9.59 Å². The molecule has 7 nitrogen and oxygen atoms in total. The van der Waals surface area contributed by atoms with Crippen molar-refractivity contribution in [1.82, 2.24) is 5.32 Å². The minimum Gasteiger partial charge on any atom is -0.478 e. The molecule has 3 N–H and O–H groups in total. The van der Waals surface area contributed by atoms with Crippen LogP contribution in [0, 0.1) is 12.8 Å². The van der Waals surface area contributed by atoms with Crippen LogP contribution in [0.1, 0.15) is 46.8 Å². The summed E-state index contributed by atoms with van der Waals surface area (Å²) in [5.74, 6) is -1.90. The van der Waals surface area contributed by atoms with Crippen LogP contribution in [0.15, 0.2) is 66.7 Å². The molecule has 0 radical (unpaired) electrons. The number of hydrogen-bond acceptors (Lipinski definition) is 4. The van der Waals surface area contributed by atoms with E-state index in [1.54, 1.807) is 32.9 Å². The van der Waals surface area contributed by atoms with Gasteiger partial charge in [-0.15, -0.1) is 0 Å². The molecule has 0 saturated heterocycles. The fourth-order valence-corrected chi connectivity index (χ4v) is 4.42. The Morgan fingerprint density at radius 1 is 0.943 bits per heavy atom. The molecule has 2 atom stereocenters. The van der Waals surface area contributed by atoms with Crippen LogP contribution < -0.4 is 10.6 Å². The Morgan fingerprint density at radius 2 is 1.54 bits per heavy atom. The highest BCUT2D eigenvalue weighted by Crippen LogP contribution is 2.44. The predicted octanol–water partition coefficient (Wildman–Crippen LogP) is 5.20. The molecule has 180 valence electrons. The molecule has 0 aliphatic heterocycles. The standard InChI is InChI=1S/C28H28N2O5/c1-16-14-19(12-13-20(16)27(32)33)30-26(31)17(2)18(3)29-28(34)35-15-25-23-10-6-4-8-21(23)22-9-5-7-11-24(22)25/h4-14,17-18,25H,15H2,1-3H3,(H,29,34)(H,30,31)(H,32,33). The van der Waals surface area contributed by atoms with Gasteiger partial charge in [-0.2, -0.15) is 0 Å². The molecule has 2 amide bonds. The van der Waals surface area contributed by atoms with Gasteiger partial charge in [0.05, 0.1) is 11.5 Å². The highest BCUT2D eigenvalue weighted by molar-refractivity contribution is 5.95. The van der Waals surface area contributed by atoms with E-state index < -0.39 is 24.0 Å². The normalized spacial score (nSPS) is 13.8. The number of nitrogens with one attached hydrogen (secondary N) is 2. The zero-order valence-corrected chi connectivity index (χ0v) is 19.9. The van der Waals surface area contributed by atoms with Crippen molar-refractivity contribution in [3.05, 3.63) is 89.0 Å². The predicted molar refractivity (Wildman–Crippen MR) is 134 cm³/mol. The summed E-state index contributed by atoms with van der Waals surface area (Å²) in [6, 6.07) is 20.4. The first-order chi connectivity index (χ1) is 16.8. The topological polar surface area (TPSA) is 105 Å². The van der Waals surface area contributed by atoms with Crippen molar-refractivity contribution in [1.29, 1.82) is 0 Å². The quantitative estimate of drug-likeness (QED) is 0.439. The van der Waals surface area contributed by atoms with Crippen molar-refractivity contribution in [2.75, 3.05) is 11.9 Å². The fourth-order valence-electron chi connectivity index (χ4n) is 4.42. The van der Waals surface area contributed by atoms with E-state index in [-0.39, 0.29) is 24.0 Å². The van der Waals surface area contributed by atoms with Crippen molar-refractivity contribution < 1.29 is 24.2 Å². The molecule has 3 aromatic rings. The number of rotatable bonds is 7. The third-order valence-corrected chi connectivity index (χ3v) is 6.58. The number of carbonyl (C=O) groups is 3. The van der Waals surface area contributed by atoms with E-state index >= 15 is 0 Å². The molecule has 35 heavy (non-hydrogen) atoms. The maximum atomic E-state index is 12.7. The highest BCUT2D eigenvalue weighted by atomic mass is 16.5. The fraction of sp³-hybridized carbons (Fsp3) is 0.250. The molecule has 7 heteroatoms. The largest absolute Gasteiger partial charge is 0.478 e. The smallest absolute Gasteiger partial charge is 0.407 e. The number of ether oxygens (including phenoxy) is 1. The van der Waals surface area contributed by atoms with Gasteiger partial charge in [-0.3, -0.25) is 4.79 Å². The molecule has 0 bridgehead atoms. The highest BCUT2D eigenvalue weighted by Gasteiger charge is 2.29. The van der Waals surface area contributed by atoms with Crippen LogP contribution in [0.3, 0.4) is 0 Å². The van der Waals surface area contributed by atoms with Crippen molar-refractivity contribution in [2.45, 2.75) is 32.7 Å². The van der Waals surface area contributed by atoms with Crippen molar-refractivity contribution >= 4 is 23.7 Å². The van der Waals surface area contributed by atoms with Crippen molar-refractivity contribution in [3.63, 3.8) is 0 Å². The molecule has 0 saturated carbocycles. The van der Waals surface area contributed by atoms with E-state index in [9.17, 15) is 14.4 Å². The number of anilines is 1. The van der Waals surface area contributed by atoms with Crippen LogP contribution in [0.4, 0.5) is 10.5 Å². The van der Waals surface area contributed by atoms with Gasteiger partial charge in [0.15, 0.2) is 0 Å². The number of carbonyl (C=O) groups excluding carboxylic acids is 2. The van der Waals surface area contributed by atoms with Crippen molar-refractivity contribution in [2.24, 2.45) is 5.92 Å². The number of aryl methyl sites for hydroxylation is 1. The van der Waals surface area contributed by atoms with Crippen LogP contribution in [0.2, 0.25) is 0 Å². The maximum Gasteiger partial charge on any atom is 0.407 e. The Bertz CT molecular complexity index is 1240. The molecule has 0 heterocycles. The van der Waals surface area contributed by atoms with E-state index in [4.69, 9.17) is 9.84 Å². The lowest BCUT2D eigenvalue weighted by Gasteiger charge is -2.21. The summed E-state index contributed by atoms with van der Waals surface area (Å²) < 4.78 is 5.57. The average molecular weight is 473 g/mol. The molecule has 1 aliphatic rings. The SMILES string of the molecule is Cc1cc(NC(=O)C(C)C(C)NC(=O)OCC2c3ccccc3-c3ccccc32)ccc1C(=O)O. The molecule has 0 fully saturated rings. The second-order valence-electron chi connectivity index (χ2n) is 8.87. The number of carboxylic acids is 1. The third kappa shape index (κ3) is 5.04. The summed E-state index contributed by atoms with van der Waals surface area (Å²) in [6.45, 7) is 5.32. The minimum atomic E-state index is -1.02. The Hall–Kier alpha value is -4.13. The number of alkyl carbamates (subject to hydrolysis) is 1. The number of aromatic carboxylic acids is 1. The zero-order chi connectivity index (χ0) is 25.1. The third-order valence-electron chi connectivity index (χ3n) is 6.58. The van der Waals surface area contributed by atoms with E-state index in [1.807, 2.05) is 24.3 Å². The summed E-state index contributed by atoms with van der Waals surface area (Å²) in [4.78, 5) is 36.4. The van der Waals surface area contributed by atoms with Crippen LogP contribution in [-0.4, -0.2) is 35.7 Å². The van der Waals surface area contributed by atoms with Gasteiger partial charge in [0.1, 0.15) is 6.61 Å². The Kier molecular flexibility index (Phi) is 6.87. The number of benzene rings is 3. The van der Waals surface area contributed by atoms with Crippen LogP contribution in [0.25, 0.3) is 11.1 Å². The molecule has 0 aromatic heterocycles. The lowest BCUT2D eigenvalue weighted by molar-refractivity contribution is -0.120. The Balaban J connectivity index is 1.33. The van der Waals surface area contributed by atoms with E-state index in [1.165, 1.54) is 6.07 Å². The molecular formula is C28H28N2O5. The molecule has 3 aromatic carbocycles. The van der Waals surface area contributed by atoms with Crippen LogP contribution >= 0.6 is 0 Å². The maximum absolute atomic E-state index is 12.7. The molecule has 1 aliphatic carbocycles. The first-order valence-electron chi connectivity index (χ1n) is 11.5. The van der Waals surface area contributed by atoms with Gasteiger partial charge in [0.2, 0.25) is 5.91 Å². The van der Waals surface area contributed by atoms with Gasteiger partial charge >= 0.3 is 12.1 Å². The van der Waals surface area contributed by atoms with Crippen LogP contribution in [0.5, 0.6) is 0 Å². The monoisotopic (exact) mass is 472 g/mol. The van der Waals surface area contributed by atoms with E-state index in [0.717, 1.165) is 22.3 Å². The number of fused-ring (bicyclic) bond motifs is 3. The molecule has 4 rings (SSSR count). The summed E-state index contributed by atoms with van der Waals surface area (Å²) in [5.41, 5.74) is 5.80. The summed E-state index contributed by atoms with van der Waals surface area (Å²) in [7, 11) is 0. The summed E-state index contributed by atoms with van der Waals surface area (Å²) >= 11 is 0. The molecule has 0 spiro atoms. The first kappa shape index (κ1) is 24.0. The van der Waals surface area contributed by atoms with Gasteiger partial charge in [0.25, 0.3) is 0 Å². The van der Waals surface area contributed by atoms with E-state index in [0.29, 0.717) is 11.3 Å². The number of carboxylic acid groups (broad SMARTS) is 1. The summed E-state index contributed by atoms with van der Waals surface area (Å²) in [5, 5.41) is 14.7. The Morgan fingerprint density at radius 3 is 2.11 bits per heavy atom. The lowest BCUT2D eigenvalue weighted by Crippen LogP contribution is -2.42. The van der Waals surface area contributed by atoms with Gasteiger partial charge in [-0.05, 0) is 59.9 Å². The van der Waals surface area contributed by atoms with E-state index in [2.05, 4.69) is 34.9 Å². The number of amides is 2. The lowest BCUT2D eigenvalue weighted by atomic mass is 9.98. The van der Waals surface area contributed by atoms with Crippen molar-refractivity contribution in [3.8, 4) is 11.1 Å². The van der Waals surface area contributed by atoms with Gasteiger partial charge in [-0.1, -0.05) is 55.5 Å². The van der Waals surface area contributed by atoms with Crippen LogP contribution in [-0.2, 0) is 9.53 Å². The van der Waals surface area contributed by atoms with Gasteiger partial charge in [0, 0.05) is 17.6 Å². The average Bonchev–Trinajstić information content (AvgIpc) is 3.15. The second-order valence-corrected chi connectivity index (χ2v) is 8.87. The second kappa shape index (κ2) is 10.0. The first-order valence-corrected chi connectivity index (χ1v) is 11.5. The molecule has 2 unspecified atom stereocenters. The van der Waals surface area contributed by atoms with Gasteiger partial charge < -0.3 is 20.5 Å². The minimum absolute atomic E-state index is 0.0406. The molecular weight excluding hydrogens is 444 g/mol. The Labute approximate surface area is 204 Å².